The van der Waals surface area contributed by atoms with Crippen molar-refractivity contribution < 1.29 is 4.79 Å². The number of anilines is 1. The van der Waals surface area contributed by atoms with E-state index in [0.29, 0.717) is 13.0 Å². The first-order valence-electron chi connectivity index (χ1n) is 9.50. The molecule has 1 unspecified atom stereocenters. The standard InChI is InChI=1S/C21H23N5OS/c1-15-6-8-16(9-7-15)12-19-24-21(28-25-19)26-11-3-5-18(26)20(27)23-14-17-4-2-10-22-13-17/h2,4,6-10,13,18H,3,5,11-12,14H2,1H3,(H,23,27). The van der Waals surface area contributed by atoms with Gasteiger partial charge in [-0.2, -0.15) is 4.37 Å². The van der Waals surface area contributed by atoms with Gasteiger partial charge in [-0.3, -0.25) is 9.78 Å². The van der Waals surface area contributed by atoms with E-state index in [1.54, 1.807) is 12.4 Å². The van der Waals surface area contributed by atoms with Crippen LogP contribution in [0.3, 0.4) is 0 Å². The second-order valence-corrected chi connectivity index (χ2v) is 7.82. The topological polar surface area (TPSA) is 71.0 Å². The number of hydrogen-bond acceptors (Lipinski definition) is 6. The minimum absolute atomic E-state index is 0.0386. The number of rotatable bonds is 6. The highest BCUT2D eigenvalue weighted by Crippen LogP contribution is 2.27. The first-order chi connectivity index (χ1) is 13.7. The average molecular weight is 394 g/mol. The van der Waals surface area contributed by atoms with Crippen LogP contribution in [0.15, 0.2) is 48.8 Å². The number of carbonyl (C=O) groups excluding carboxylic acids is 1. The highest BCUT2D eigenvalue weighted by molar-refractivity contribution is 7.09. The molecule has 2 aromatic heterocycles. The highest BCUT2D eigenvalue weighted by Gasteiger charge is 2.32. The molecule has 3 aromatic rings. The summed E-state index contributed by atoms with van der Waals surface area (Å²) in [5.74, 6) is 0.849. The van der Waals surface area contributed by atoms with Gasteiger partial charge < -0.3 is 10.2 Å². The predicted molar refractivity (Wildman–Crippen MR) is 110 cm³/mol. The lowest BCUT2D eigenvalue weighted by molar-refractivity contribution is -0.122. The normalized spacial score (nSPS) is 16.3. The van der Waals surface area contributed by atoms with Crippen LogP contribution in [0.25, 0.3) is 0 Å². The second-order valence-electron chi connectivity index (χ2n) is 7.09. The summed E-state index contributed by atoms with van der Waals surface area (Å²) in [6.07, 6.45) is 6.04. The first kappa shape index (κ1) is 18.6. The maximum absolute atomic E-state index is 12.7. The van der Waals surface area contributed by atoms with Crippen molar-refractivity contribution in [3.63, 3.8) is 0 Å². The Labute approximate surface area is 168 Å². The van der Waals surface area contributed by atoms with Crippen molar-refractivity contribution in [3.8, 4) is 0 Å². The SMILES string of the molecule is Cc1ccc(Cc2nsc(N3CCCC3C(=O)NCc3cccnc3)n2)cc1. The van der Waals surface area contributed by atoms with Gasteiger partial charge in [0.1, 0.15) is 11.9 Å². The first-order valence-corrected chi connectivity index (χ1v) is 10.3. The lowest BCUT2D eigenvalue weighted by Gasteiger charge is -2.22. The molecule has 4 rings (SSSR count). The van der Waals surface area contributed by atoms with Gasteiger partial charge in [0.2, 0.25) is 11.0 Å². The van der Waals surface area contributed by atoms with Crippen LogP contribution < -0.4 is 10.2 Å². The van der Waals surface area contributed by atoms with Crippen molar-refractivity contribution >= 4 is 22.6 Å². The monoisotopic (exact) mass is 393 g/mol. The zero-order valence-corrected chi connectivity index (χ0v) is 16.7. The van der Waals surface area contributed by atoms with E-state index in [-0.39, 0.29) is 11.9 Å². The molecule has 1 aromatic carbocycles. The number of pyridine rings is 1. The van der Waals surface area contributed by atoms with Gasteiger partial charge in [-0.1, -0.05) is 35.9 Å². The average Bonchev–Trinajstić information content (AvgIpc) is 3.38. The van der Waals surface area contributed by atoms with Crippen LogP contribution in [-0.4, -0.2) is 32.8 Å². The summed E-state index contributed by atoms with van der Waals surface area (Å²) >= 11 is 1.38. The summed E-state index contributed by atoms with van der Waals surface area (Å²) in [4.78, 5) is 23.6. The van der Waals surface area contributed by atoms with Gasteiger partial charge in [0, 0.05) is 43.4 Å². The summed E-state index contributed by atoms with van der Waals surface area (Å²) in [6.45, 7) is 3.41. The summed E-state index contributed by atoms with van der Waals surface area (Å²) in [6, 6.07) is 12.1. The Morgan fingerprint density at radius 2 is 2.11 bits per heavy atom. The van der Waals surface area contributed by atoms with Gasteiger partial charge in [0.05, 0.1) is 0 Å². The third kappa shape index (κ3) is 4.36. The third-order valence-corrected chi connectivity index (χ3v) is 5.72. The van der Waals surface area contributed by atoms with E-state index < -0.39 is 0 Å². The van der Waals surface area contributed by atoms with Crippen molar-refractivity contribution in [2.75, 3.05) is 11.4 Å². The fraction of sp³-hybridized carbons (Fsp3) is 0.333. The molecule has 1 N–H and O–H groups in total. The molecule has 7 heteroatoms. The Morgan fingerprint density at radius 3 is 2.89 bits per heavy atom. The number of hydrogen-bond donors (Lipinski definition) is 1. The van der Waals surface area contributed by atoms with Crippen molar-refractivity contribution in [3.05, 3.63) is 71.3 Å². The van der Waals surface area contributed by atoms with Crippen LogP contribution in [0.5, 0.6) is 0 Å². The lowest BCUT2D eigenvalue weighted by atomic mass is 10.1. The summed E-state index contributed by atoms with van der Waals surface area (Å²) in [7, 11) is 0. The number of aromatic nitrogens is 3. The molecule has 1 fully saturated rings. The Hall–Kier alpha value is -2.80. The van der Waals surface area contributed by atoms with Gasteiger partial charge in [-0.15, -0.1) is 0 Å². The number of benzene rings is 1. The molecule has 0 bridgehead atoms. The van der Waals surface area contributed by atoms with Crippen LogP contribution >= 0.6 is 11.5 Å². The molecule has 0 radical (unpaired) electrons. The van der Waals surface area contributed by atoms with E-state index in [9.17, 15) is 4.79 Å². The number of nitrogens with one attached hydrogen (secondary N) is 1. The third-order valence-electron chi connectivity index (χ3n) is 4.93. The Balaban J connectivity index is 1.39. The van der Waals surface area contributed by atoms with E-state index in [4.69, 9.17) is 4.98 Å². The zero-order chi connectivity index (χ0) is 19.3. The van der Waals surface area contributed by atoms with Gasteiger partial charge in [0.15, 0.2) is 0 Å². The van der Waals surface area contributed by atoms with Crippen molar-refractivity contribution in [2.45, 2.75) is 38.8 Å². The molecule has 3 heterocycles. The minimum Gasteiger partial charge on any atom is -0.350 e. The Morgan fingerprint density at radius 1 is 1.25 bits per heavy atom. The molecule has 28 heavy (non-hydrogen) atoms. The van der Waals surface area contributed by atoms with E-state index in [1.807, 2.05) is 12.1 Å². The Bertz CT molecular complexity index is 925. The lowest BCUT2D eigenvalue weighted by Crippen LogP contribution is -2.43. The maximum Gasteiger partial charge on any atom is 0.243 e. The molecule has 1 aliphatic rings. The molecular formula is C21H23N5OS. The van der Waals surface area contributed by atoms with Crippen LogP contribution in [-0.2, 0) is 17.8 Å². The van der Waals surface area contributed by atoms with Gasteiger partial charge in [-0.25, -0.2) is 4.98 Å². The molecule has 6 nitrogen and oxygen atoms in total. The maximum atomic E-state index is 12.7. The van der Waals surface area contributed by atoms with Gasteiger partial charge >= 0.3 is 0 Å². The number of aryl methyl sites for hydroxylation is 1. The van der Waals surface area contributed by atoms with E-state index in [0.717, 1.165) is 35.9 Å². The Kier molecular flexibility index (Phi) is 5.62. The highest BCUT2D eigenvalue weighted by atomic mass is 32.1. The smallest absolute Gasteiger partial charge is 0.243 e. The zero-order valence-electron chi connectivity index (χ0n) is 15.8. The molecule has 1 amide bonds. The quantitative estimate of drug-likeness (QED) is 0.697. The fourth-order valence-corrected chi connectivity index (χ4v) is 4.16. The van der Waals surface area contributed by atoms with Crippen molar-refractivity contribution in [1.29, 1.82) is 0 Å². The van der Waals surface area contributed by atoms with Crippen LogP contribution in [0, 0.1) is 6.92 Å². The molecule has 144 valence electrons. The molecule has 0 aliphatic carbocycles. The molecule has 1 saturated heterocycles. The van der Waals surface area contributed by atoms with Gasteiger partial charge in [-0.05, 0) is 37.0 Å². The van der Waals surface area contributed by atoms with Crippen LogP contribution in [0.1, 0.15) is 35.4 Å². The fourth-order valence-electron chi connectivity index (χ4n) is 3.40. The molecule has 1 atom stereocenters. The van der Waals surface area contributed by atoms with Crippen molar-refractivity contribution in [1.82, 2.24) is 19.7 Å². The molecule has 0 saturated carbocycles. The van der Waals surface area contributed by atoms with Crippen molar-refractivity contribution in [2.24, 2.45) is 0 Å². The van der Waals surface area contributed by atoms with E-state index in [1.165, 1.54) is 22.7 Å². The van der Waals surface area contributed by atoms with Crippen LogP contribution in [0.2, 0.25) is 0 Å². The largest absolute Gasteiger partial charge is 0.350 e. The summed E-state index contributed by atoms with van der Waals surface area (Å²) in [5.41, 5.74) is 3.44. The van der Waals surface area contributed by atoms with E-state index >= 15 is 0 Å². The number of nitrogens with zero attached hydrogens (tertiary/aromatic N) is 4. The predicted octanol–water partition coefficient (Wildman–Crippen LogP) is 3.12. The molecular weight excluding hydrogens is 370 g/mol. The number of carbonyl (C=O) groups is 1. The summed E-state index contributed by atoms with van der Waals surface area (Å²) < 4.78 is 4.51. The van der Waals surface area contributed by atoms with E-state index in [2.05, 4.69) is 50.8 Å². The van der Waals surface area contributed by atoms with Gasteiger partial charge in [0.25, 0.3) is 0 Å². The second kappa shape index (κ2) is 8.48. The minimum atomic E-state index is -0.183. The van der Waals surface area contributed by atoms with Crippen LogP contribution in [0.4, 0.5) is 5.13 Å². The molecule has 1 aliphatic heterocycles. The molecule has 0 spiro atoms. The number of amides is 1. The summed E-state index contributed by atoms with van der Waals surface area (Å²) in [5, 5.41) is 3.86.